The summed E-state index contributed by atoms with van der Waals surface area (Å²) >= 11 is 6.03. The number of nitrogens with one attached hydrogen (secondary N) is 1. The third-order valence-corrected chi connectivity index (χ3v) is 4.49. The van der Waals surface area contributed by atoms with E-state index in [1.807, 2.05) is 24.3 Å². The molecule has 0 bridgehead atoms. The van der Waals surface area contributed by atoms with Crippen LogP contribution in [0.4, 0.5) is 0 Å². The third-order valence-electron chi connectivity index (χ3n) is 4.26. The fourth-order valence-corrected chi connectivity index (χ4v) is 2.84. The number of rotatable bonds is 9. The molecule has 1 N–H and O–H groups in total. The minimum atomic E-state index is -0.257. The Morgan fingerprint density at radius 3 is 2.48 bits per heavy atom. The van der Waals surface area contributed by atoms with E-state index in [4.69, 9.17) is 21.1 Å². The fraction of sp³-hybridized carbons (Fsp3) is 0.273. The van der Waals surface area contributed by atoms with E-state index in [9.17, 15) is 9.59 Å². The predicted molar refractivity (Wildman–Crippen MR) is 114 cm³/mol. The molecule has 2 amide bonds. The Morgan fingerprint density at radius 2 is 1.83 bits per heavy atom. The van der Waals surface area contributed by atoms with Gasteiger partial charge in [0.2, 0.25) is 11.8 Å². The van der Waals surface area contributed by atoms with E-state index in [2.05, 4.69) is 5.32 Å². The second kappa shape index (κ2) is 11.1. The number of carbonyl (C=O) groups is 2. The maximum atomic E-state index is 12.3. The summed E-state index contributed by atoms with van der Waals surface area (Å²) in [5, 5.41) is 3.29. The smallest absolute Gasteiger partial charge is 0.244 e. The summed E-state index contributed by atoms with van der Waals surface area (Å²) in [6, 6.07) is 12.6. The van der Waals surface area contributed by atoms with Crippen molar-refractivity contribution in [2.75, 3.05) is 27.8 Å². The summed E-state index contributed by atoms with van der Waals surface area (Å²) in [4.78, 5) is 25.8. The summed E-state index contributed by atoms with van der Waals surface area (Å²) in [5.74, 6) is 1.08. The van der Waals surface area contributed by atoms with Crippen molar-refractivity contribution in [2.24, 2.45) is 0 Å². The van der Waals surface area contributed by atoms with Gasteiger partial charge in [0.15, 0.2) is 0 Å². The van der Waals surface area contributed by atoms with Crippen LogP contribution < -0.4 is 14.8 Å². The van der Waals surface area contributed by atoms with E-state index in [1.54, 1.807) is 50.4 Å². The van der Waals surface area contributed by atoms with E-state index in [-0.39, 0.29) is 24.8 Å². The summed E-state index contributed by atoms with van der Waals surface area (Å²) < 4.78 is 10.4. The van der Waals surface area contributed by atoms with E-state index in [0.717, 1.165) is 16.9 Å². The van der Waals surface area contributed by atoms with Gasteiger partial charge >= 0.3 is 0 Å². The molecule has 2 aromatic rings. The number of methoxy groups -OCH3 is 2. The highest BCUT2D eigenvalue weighted by molar-refractivity contribution is 6.30. The van der Waals surface area contributed by atoms with Gasteiger partial charge in [-0.05, 0) is 42.0 Å². The summed E-state index contributed by atoms with van der Waals surface area (Å²) in [7, 11) is 4.88. The molecule has 0 aliphatic heterocycles. The molecule has 0 radical (unpaired) electrons. The Balaban J connectivity index is 1.78. The zero-order chi connectivity index (χ0) is 21.2. The van der Waals surface area contributed by atoms with Crippen LogP contribution in [0.25, 0.3) is 6.08 Å². The minimum absolute atomic E-state index is 0.0912. The van der Waals surface area contributed by atoms with Gasteiger partial charge in [-0.25, -0.2) is 0 Å². The van der Waals surface area contributed by atoms with E-state index in [0.29, 0.717) is 17.3 Å². The molecule has 0 unspecified atom stereocenters. The van der Waals surface area contributed by atoms with Crippen molar-refractivity contribution in [3.8, 4) is 11.5 Å². The van der Waals surface area contributed by atoms with Crippen LogP contribution in [-0.2, 0) is 16.1 Å². The van der Waals surface area contributed by atoms with Gasteiger partial charge in [0.25, 0.3) is 0 Å². The topological polar surface area (TPSA) is 67.9 Å². The van der Waals surface area contributed by atoms with Crippen molar-refractivity contribution in [1.29, 1.82) is 0 Å². The first kappa shape index (κ1) is 22.3. The first-order chi connectivity index (χ1) is 13.9. The Morgan fingerprint density at radius 1 is 1.10 bits per heavy atom. The van der Waals surface area contributed by atoms with Crippen LogP contribution in [0.1, 0.15) is 17.5 Å². The number of benzene rings is 2. The molecule has 7 heteroatoms. The van der Waals surface area contributed by atoms with Crippen LogP contribution in [-0.4, -0.2) is 44.5 Å². The number of nitrogens with zero attached hydrogens (tertiary/aromatic N) is 1. The molecule has 0 heterocycles. The summed E-state index contributed by atoms with van der Waals surface area (Å²) in [6.45, 7) is 0.621. The first-order valence-electron chi connectivity index (χ1n) is 9.09. The maximum Gasteiger partial charge on any atom is 0.244 e. The lowest BCUT2D eigenvalue weighted by atomic mass is 10.2. The van der Waals surface area contributed by atoms with Gasteiger partial charge in [-0.3, -0.25) is 9.59 Å². The number of hydrogen-bond donors (Lipinski definition) is 1. The molecule has 154 valence electrons. The number of amides is 2. The standard InChI is InChI=1S/C22H25ClN2O4/c1-25(15-17-14-18(23)7-10-20(17)29-3)22(27)12-13-24-21(26)11-6-16-4-8-19(28-2)9-5-16/h4-11,14H,12-13,15H2,1-3H3,(H,24,26)/b11-6+. The molecule has 2 aromatic carbocycles. The average Bonchev–Trinajstić information content (AvgIpc) is 2.72. The summed E-state index contributed by atoms with van der Waals surface area (Å²) in [5.41, 5.74) is 1.70. The molecule has 29 heavy (non-hydrogen) atoms. The van der Waals surface area contributed by atoms with Crippen LogP contribution in [0.15, 0.2) is 48.5 Å². The predicted octanol–water partition coefficient (Wildman–Crippen LogP) is 3.54. The average molecular weight is 417 g/mol. The highest BCUT2D eigenvalue weighted by Gasteiger charge is 2.12. The van der Waals surface area contributed by atoms with Crippen LogP contribution in [0.5, 0.6) is 11.5 Å². The molecule has 0 atom stereocenters. The van der Waals surface area contributed by atoms with Crippen molar-refractivity contribution in [1.82, 2.24) is 10.2 Å². The van der Waals surface area contributed by atoms with Crippen molar-refractivity contribution in [3.05, 3.63) is 64.7 Å². The zero-order valence-corrected chi connectivity index (χ0v) is 17.5. The van der Waals surface area contributed by atoms with Crippen molar-refractivity contribution < 1.29 is 19.1 Å². The quantitative estimate of drug-likeness (QED) is 0.635. The molecule has 0 aliphatic rings. The van der Waals surface area contributed by atoms with Gasteiger partial charge < -0.3 is 19.7 Å². The highest BCUT2D eigenvalue weighted by atomic mass is 35.5. The molecule has 0 spiro atoms. The van der Waals surface area contributed by atoms with Gasteiger partial charge in [0.1, 0.15) is 11.5 Å². The van der Waals surface area contributed by atoms with Crippen LogP contribution in [0.3, 0.4) is 0 Å². The van der Waals surface area contributed by atoms with E-state index < -0.39 is 0 Å². The largest absolute Gasteiger partial charge is 0.497 e. The Kier molecular flexibility index (Phi) is 8.55. The zero-order valence-electron chi connectivity index (χ0n) is 16.8. The van der Waals surface area contributed by atoms with Crippen LogP contribution in [0, 0.1) is 0 Å². The Hall–Kier alpha value is -2.99. The van der Waals surface area contributed by atoms with E-state index in [1.165, 1.54) is 6.08 Å². The molecular formula is C22H25ClN2O4. The Bertz CT molecular complexity index is 866. The lowest BCUT2D eigenvalue weighted by molar-refractivity contribution is -0.130. The third kappa shape index (κ3) is 7.16. The number of carbonyl (C=O) groups excluding carboxylic acids is 2. The minimum Gasteiger partial charge on any atom is -0.497 e. The second-order valence-corrected chi connectivity index (χ2v) is 6.79. The molecular weight excluding hydrogens is 392 g/mol. The number of ether oxygens (including phenoxy) is 2. The van der Waals surface area contributed by atoms with Crippen LogP contribution >= 0.6 is 11.6 Å². The number of hydrogen-bond acceptors (Lipinski definition) is 4. The molecule has 0 saturated heterocycles. The monoisotopic (exact) mass is 416 g/mol. The highest BCUT2D eigenvalue weighted by Crippen LogP contribution is 2.23. The normalized spacial score (nSPS) is 10.6. The van der Waals surface area contributed by atoms with Crippen molar-refractivity contribution in [3.63, 3.8) is 0 Å². The lowest BCUT2D eigenvalue weighted by Gasteiger charge is -2.19. The van der Waals surface area contributed by atoms with Crippen molar-refractivity contribution in [2.45, 2.75) is 13.0 Å². The molecule has 0 fully saturated rings. The first-order valence-corrected chi connectivity index (χ1v) is 9.47. The molecule has 2 rings (SSSR count). The van der Waals surface area contributed by atoms with Gasteiger partial charge in [-0.2, -0.15) is 0 Å². The summed E-state index contributed by atoms with van der Waals surface area (Å²) in [6.07, 6.45) is 3.34. The molecule has 0 aromatic heterocycles. The lowest BCUT2D eigenvalue weighted by Crippen LogP contribution is -2.31. The van der Waals surface area contributed by atoms with Crippen LogP contribution in [0.2, 0.25) is 5.02 Å². The second-order valence-electron chi connectivity index (χ2n) is 6.35. The van der Waals surface area contributed by atoms with Gasteiger partial charge in [-0.1, -0.05) is 23.7 Å². The van der Waals surface area contributed by atoms with E-state index >= 15 is 0 Å². The van der Waals surface area contributed by atoms with Crippen molar-refractivity contribution >= 4 is 29.5 Å². The molecule has 0 aliphatic carbocycles. The number of halogens is 1. The van der Waals surface area contributed by atoms with Gasteiger partial charge in [0, 0.05) is 43.2 Å². The SMILES string of the molecule is COc1ccc(/C=C/C(=O)NCCC(=O)N(C)Cc2cc(Cl)ccc2OC)cc1. The maximum absolute atomic E-state index is 12.3. The molecule has 6 nitrogen and oxygen atoms in total. The van der Waals surface area contributed by atoms with Gasteiger partial charge in [-0.15, -0.1) is 0 Å². The van der Waals surface area contributed by atoms with Gasteiger partial charge in [0.05, 0.1) is 14.2 Å². The molecule has 0 saturated carbocycles. The fourth-order valence-electron chi connectivity index (χ4n) is 2.64. The Labute approximate surface area is 176 Å².